The molecule has 2 fully saturated rings. The number of aliphatic carboxylic acids is 1. The van der Waals surface area contributed by atoms with Crippen molar-refractivity contribution in [2.45, 2.75) is 49.6 Å². The van der Waals surface area contributed by atoms with E-state index in [1.807, 2.05) is 0 Å². The normalized spacial score (nSPS) is 34.8. The van der Waals surface area contributed by atoms with Crippen molar-refractivity contribution in [3.63, 3.8) is 0 Å². The summed E-state index contributed by atoms with van der Waals surface area (Å²) in [7, 11) is 1.70. The van der Waals surface area contributed by atoms with Crippen molar-refractivity contribution in [3.8, 4) is 0 Å². The lowest BCUT2D eigenvalue weighted by Gasteiger charge is -2.38. The number of aliphatic hydroxyl groups excluding tert-OH is 3. The number of hydrogen-bond donors (Lipinski definition) is 3. The molecule has 1 unspecified atom stereocenters. The number of carbonyl (C=O) groups is 2. The minimum absolute atomic E-state index is 0.0336. The second-order valence-electron chi connectivity index (χ2n) is 6.38. The molecule has 10 heteroatoms. The van der Waals surface area contributed by atoms with Gasteiger partial charge in [-0.1, -0.05) is 0 Å². The summed E-state index contributed by atoms with van der Waals surface area (Å²) in [4.78, 5) is 29.7. The molecule has 1 aromatic rings. The highest BCUT2D eigenvalue weighted by Crippen LogP contribution is 2.30. The third-order valence-corrected chi connectivity index (χ3v) is 4.70. The van der Waals surface area contributed by atoms with Gasteiger partial charge in [0.2, 0.25) is 18.3 Å². The van der Waals surface area contributed by atoms with Gasteiger partial charge in [0.15, 0.2) is 6.10 Å². The van der Waals surface area contributed by atoms with Gasteiger partial charge in [-0.3, -0.25) is 4.79 Å². The van der Waals surface area contributed by atoms with Gasteiger partial charge in [-0.15, -0.1) is 0 Å². The smallest absolute Gasteiger partial charge is 0.299 e. The number of hydrogen-bond acceptors (Lipinski definition) is 8. The Bertz CT molecular complexity index is 699. The molecule has 3 heterocycles. The van der Waals surface area contributed by atoms with E-state index in [0.717, 1.165) is 5.56 Å². The van der Waals surface area contributed by atoms with Crippen molar-refractivity contribution in [2.24, 2.45) is 0 Å². The largest absolute Gasteiger partial charge is 0.547 e. The summed E-state index contributed by atoms with van der Waals surface area (Å²) in [6, 6.07) is 3.34. The van der Waals surface area contributed by atoms with E-state index in [4.69, 9.17) is 9.57 Å². The molecule has 1 aromatic heterocycles. The first kappa shape index (κ1) is 18.5. The van der Waals surface area contributed by atoms with Crippen LogP contribution in [0.4, 0.5) is 0 Å². The molecule has 0 radical (unpaired) electrons. The molecular formula is C16H20N2O8. The summed E-state index contributed by atoms with van der Waals surface area (Å²) < 4.78 is 6.21. The van der Waals surface area contributed by atoms with Gasteiger partial charge in [0.1, 0.15) is 18.3 Å². The molecule has 2 aliphatic rings. The monoisotopic (exact) mass is 368 g/mol. The van der Waals surface area contributed by atoms with Crippen LogP contribution in [0, 0.1) is 0 Å². The third-order valence-electron chi connectivity index (χ3n) is 4.70. The number of aliphatic hydroxyl groups is 3. The average molecular weight is 368 g/mol. The lowest BCUT2D eigenvalue weighted by molar-refractivity contribution is -0.909. The van der Waals surface area contributed by atoms with Crippen LogP contribution < -0.4 is 14.7 Å². The Morgan fingerprint density at radius 2 is 2.08 bits per heavy atom. The molecule has 0 saturated carbocycles. The molecule has 2 saturated heterocycles. The van der Waals surface area contributed by atoms with Crippen molar-refractivity contribution >= 4 is 11.9 Å². The molecule has 3 rings (SSSR count). The van der Waals surface area contributed by atoms with E-state index in [0.29, 0.717) is 12.8 Å². The molecule has 6 atom stereocenters. The lowest BCUT2D eigenvalue weighted by atomic mass is 9.99. The maximum absolute atomic E-state index is 11.7. The van der Waals surface area contributed by atoms with Crippen LogP contribution in [0.2, 0.25) is 0 Å². The highest BCUT2D eigenvalue weighted by Gasteiger charge is 2.47. The minimum atomic E-state index is -1.85. The van der Waals surface area contributed by atoms with Crippen LogP contribution >= 0.6 is 0 Å². The number of likely N-dealkylation sites (tertiary alicyclic amines) is 1. The first-order valence-electron chi connectivity index (χ1n) is 8.14. The number of carboxylic acids is 1. The maximum atomic E-state index is 11.7. The summed E-state index contributed by atoms with van der Waals surface area (Å²) in [5.74, 6) is -1.70. The average Bonchev–Trinajstić information content (AvgIpc) is 2.94. The number of rotatable bonds is 4. The topological polar surface area (TPSA) is 143 Å². The van der Waals surface area contributed by atoms with Crippen molar-refractivity contribution in [1.82, 2.24) is 4.90 Å². The predicted molar refractivity (Wildman–Crippen MR) is 79.7 cm³/mol. The van der Waals surface area contributed by atoms with E-state index < -0.39 is 36.7 Å². The molecule has 26 heavy (non-hydrogen) atoms. The number of amides is 1. The molecule has 3 N–H and O–H groups in total. The van der Waals surface area contributed by atoms with Crippen LogP contribution in [0.3, 0.4) is 0 Å². The van der Waals surface area contributed by atoms with Gasteiger partial charge in [-0.25, -0.2) is 4.84 Å². The summed E-state index contributed by atoms with van der Waals surface area (Å²) in [5.41, 5.74) is 0.781. The fourth-order valence-corrected chi connectivity index (χ4v) is 3.18. The number of nitrogens with zero attached hydrogens (tertiary/aromatic N) is 2. The number of ether oxygens (including phenoxy) is 1. The Morgan fingerprint density at radius 1 is 1.35 bits per heavy atom. The minimum Gasteiger partial charge on any atom is -0.547 e. The zero-order chi connectivity index (χ0) is 19.0. The van der Waals surface area contributed by atoms with Crippen LogP contribution in [0.15, 0.2) is 24.5 Å². The Morgan fingerprint density at radius 3 is 2.69 bits per heavy atom. The molecule has 10 nitrogen and oxygen atoms in total. The molecule has 0 aromatic carbocycles. The summed E-state index contributed by atoms with van der Waals surface area (Å²) in [6.07, 6.45) is -4.53. The zero-order valence-electron chi connectivity index (χ0n) is 14.0. The van der Waals surface area contributed by atoms with Crippen LogP contribution in [-0.4, -0.2) is 69.8 Å². The lowest BCUT2D eigenvalue weighted by Crippen LogP contribution is -2.66. The first-order valence-corrected chi connectivity index (χ1v) is 8.14. The summed E-state index contributed by atoms with van der Waals surface area (Å²) in [6.45, 7) is 0. The van der Waals surface area contributed by atoms with Crippen LogP contribution in [0.25, 0.3) is 0 Å². The van der Waals surface area contributed by atoms with Gasteiger partial charge in [-0.05, 0) is 12.5 Å². The number of carboxylic acid groups (broad SMARTS) is 1. The van der Waals surface area contributed by atoms with Crippen LogP contribution in [0.5, 0.6) is 0 Å². The highest BCUT2D eigenvalue weighted by molar-refractivity contribution is 5.78. The first-order chi connectivity index (χ1) is 12.3. The van der Waals surface area contributed by atoms with Crippen molar-refractivity contribution in [2.75, 3.05) is 7.05 Å². The number of carbonyl (C=O) groups excluding carboxylic acids is 2. The standard InChI is InChI=1S/C16H20N2O8/c1-17-9(4-5-10(17)19)8-3-2-6-18(7-8)26-16-13(22)11(20)12(21)14(25-16)15(23)24/h2-3,6-7,9,11-14,16,20-22H,4-5H2,1H3/t9?,11-,12-,13+,14-,16-/m0/s1. The Labute approximate surface area is 148 Å². The number of aromatic nitrogens is 1. The van der Waals surface area contributed by atoms with Gasteiger partial charge in [-0.2, -0.15) is 0 Å². The van der Waals surface area contributed by atoms with Crippen molar-refractivity contribution in [1.29, 1.82) is 0 Å². The quantitative estimate of drug-likeness (QED) is 0.460. The van der Waals surface area contributed by atoms with Gasteiger partial charge in [0.05, 0.1) is 12.0 Å². The summed E-state index contributed by atoms with van der Waals surface area (Å²) in [5, 5.41) is 40.5. The molecule has 142 valence electrons. The van der Waals surface area contributed by atoms with Gasteiger partial charge in [0.25, 0.3) is 6.29 Å². The fraction of sp³-hybridized carbons (Fsp3) is 0.562. The Balaban J connectivity index is 1.77. The molecule has 0 aliphatic carbocycles. The SMILES string of the molecule is CN1C(=O)CCC1c1ccc[n+](O[C@@H]2O[C@H](C(=O)[O-])[C@@H](O)[C@H](O)[C@H]2O)c1. The van der Waals surface area contributed by atoms with Crippen LogP contribution in [0.1, 0.15) is 24.4 Å². The Hall–Kier alpha value is -2.27. The van der Waals surface area contributed by atoms with E-state index in [1.165, 1.54) is 10.9 Å². The van der Waals surface area contributed by atoms with Gasteiger partial charge in [0, 0.05) is 29.8 Å². The fourth-order valence-electron chi connectivity index (χ4n) is 3.18. The molecular weight excluding hydrogens is 348 g/mol. The third kappa shape index (κ3) is 3.36. The second-order valence-corrected chi connectivity index (χ2v) is 6.38. The van der Waals surface area contributed by atoms with Crippen molar-refractivity contribution < 1.29 is 44.3 Å². The second kappa shape index (κ2) is 7.16. The van der Waals surface area contributed by atoms with E-state index >= 15 is 0 Å². The van der Waals surface area contributed by atoms with Gasteiger partial charge >= 0.3 is 0 Å². The van der Waals surface area contributed by atoms with E-state index in [9.17, 15) is 30.0 Å². The summed E-state index contributed by atoms with van der Waals surface area (Å²) >= 11 is 0. The van der Waals surface area contributed by atoms with E-state index in [1.54, 1.807) is 30.3 Å². The molecule has 1 amide bonds. The molecule has 0 bridgehead atoms. The van der Waals surface area contributed by atoms with E-state index in [2.05, 4.69) is 0 Å². The number of pyridine rings is 1. The predicted octanol–water partition coefficient (Wildman–Crippen LogP) is -3.75. The van der Waals surface area contributed by atoms with Crippen molar-refractivity contribution in [3.05, 3.63) is 30.1 Å². The maximum Gasteiger partial charge on any atom is 0.299 e. The van der Waals surface area contributed by atoms with Crippen LogP contribution in [-0.2, 0) is 14.3 Å². The van der Waals surface area contributed by atoms with E-state index in [-0.39, 0.29) is 11.9 Å². The molecule has 2 aliphatic heterocycles. The highest BCUT2D eigenvalue weighted by atomic mass is 16.8. The van der Waals surface area contributed by atoms with Gasteiger partial charge < -0.3 is 34.9 Å². The zero-order valence-corrected chi connectivity index (χ0v) is 14.0. The Kier molecular flexibility index (Phi) is 5.10. The molecule has 0 spiro atoms.